The number of aromatic amines is 1. The molecule has 0 aliphatic carbocycles. The van der Waals surface area contributed by atoms with E-state index in [0.29, 0.717) is 20.8 Å². The zero-order chi connectivity index (χ0) is 24.5. The second kappa shape index (κ2) is 9.40. The van der Waals surface area contributed by atoms with Crippen molar-refractivity contribution in [2.75, 3.05) is 12.4 Å². The maximum Gasteiger partial charge on any atom is 0.417 e. The molecule has 1 amide bonds. The van der Waals surface area contributed by atoms with Crippen LogP contribution < -0.4 is 14.8 Å². The Labute approximate surface area is 202 Å². The summed E-state index contributed by atoms with van der Waals surface area (Å²) in [5.74, 6) is -1.64. The van der Waals surface area contributed by atoms with Crippen LogP contribution in [0.2, 0.25) is 0 Å². The minimum Gasteiger partial charge on any atom is -0.484 e. The average molecular weight is 587 g/mol. The molecule has 0 atom stereocenters. The molecule has 0 unspecified atom stereocenters. The summed E-state index contributed by atoms with van der Waals surface area (Å²) in [5, 5.41) is 9.71. The largest absolute Gasteiger partial charge is 0.484 e. The summed E-state index contributed by atoms with van der Waals surface area (Å²) in [4.78, 5) is 20.6. The monoisotopic (exact) mass is 587 g/mol. The summed E-state index contributed by atoms with van der Waals surface area (Å²) < 4.78 is 63.9. The minimum absolute atomic E-state index is 0.158. The Morgan fingerprint density at radius 2 is 1.97 bits per heavy atom. The molecule has 0 spiro atoms. The van der Waals surface area contributed by atoms with Crippen molar-refractivity contribution < 1.29 is 31.8 Å². The molecule has 0 bridgehead atoms. The van der Waals surface area contributed by atoms with Gasteiger partial charge < -0.3 is 14.8 Å². The molecule has 13 heteroatoms. The smallest absolute Gasteiger partial charge is 0.417 e. The van der Waals surface area contributed by atoms with Gasteiger partial charge in [0.25, 0.3) is 5.91 Å². The molecule has 0 radical (unpaired) electrons. The number of pyridine rings is 2. The Hall–Kier alpha value is -3.49. The number of carbonyl (C=O) groups is 1. The fourth-order valence-electron chi connectivity index (χ4n) is 2.98. The van der Waals surface area contributed by atoms with E-state index in [1.807, 2.05) is 22.6 Å². The fourth-order valence-corrected chi connectivity index (χ4v) is 3.64. The van der Waals surface area contributed by atoms with Crippen molar-refractivity contribution in [2.24, 2.45) is 0 Å². The molecule has 4 rings (SSSR count). The molecule has 2 N–H and O–H groups in total. The number of methoxy groups -OCH3 is 1. The highest BCUT2D eigenvalue weighted by Gasteiger charge is 2.30. The molecular weight excluding hydrogens is 573 g/mol. The van der Waals surface area contributed by atoms with Crippen LogP contribution in [0.25, 0.3) is 11.0 Å². The number of hydrogen-bond donors (Lipinski definition) is 2. The number of benzene rings is 1. The van der Waals surface area contributed by atoms with Crippen molar-refractivity contribution in [3.05, 3.63) is 68.9 Å². The highest BCUT2D eigenvalue weighted by atomic mass is 127. The maximum absolute atomic E-state index is 15.1. The molecule has 0 saturated heterocycles. The number of carbonyl (C=O) groups excluding carboxylic acids is 1. The lowest BCUT2D eigenvalue weighted by Gasteiger charge is -2.13. The van der Waals surface area contributed by atoms with Crippen LogP contribution in [-0.2, 0) is 12.8 Å². The number of anilines is 1. The second-order valence-electron chi connectivity index (χ2n) is 6.87. The topological polar surface area (TPSA) is 102 Å². The van der Waals surface area contributed by atoms with Gasteiger partial charge in [-0.05, 0) is 52.9 Å². The lowest BCUT2D eigenvalue weighted by Crippen LogP contribution is -2.16. The Morgan fingerprint density at radius 3 is 2.65 bits per heavy atom. The van der Waals surface area contributed by atoms with Gasteiger partial charge in [0.1, 0.15) is 6.61 Å². The molecule has 4 aromatic rings. The number of fused-ring (bicyclic) bond motifs is 1. The summed E-state index contributed by atoms with van der Waals surface area (Å²) in [6.45, 7) is -0.294. The van der Waals surface area contributed by atoms with Gasteiger partial charge >= 0.3 is 6.18 Å². The van der Waals surface area contributed by atoms with Gasteiger partial charge in [-0.3, -0.25) is 14.9 Å². The highest BCUT2D eigenvalue weighted by Crippen LogP contribution is 2.30. The molecule has 0 fully saturated rings. The number of alkyl halides is 3. The molecule has 0 aliphatic heterocycles. The standard InChI is InChI=1S/C21H14F4IN5O3/c1-33-20-13-6-12(8-28-18(13)30-31-20)29-19(32)16-14(26)4-5-15(17(16)22)34-9-11-3-2-10(7-27-11)21(23,24)25/h2-8H,9H2,1H3,(H,29,32)(H,28,30,31). The quantitative estimate of drug-likeness (QED) is 0.245. The zero-order valence-electron chi connectivity index (χ0n) is 17.2. The number of hydrogen-bond acceptors (Lipinski definition) is 6. The van der Waals surface area contributed by atoms with E-state index < -0.39 is 23.5 Å². The molecule has 34 heavy (non-hydrogen) atoms. The summed E-state index contributed by atoms with van der Waals surface area (Å²) in [6.07, 6.45) is -2.47. The lowest BCUT2D eigenvalue weighted by molar-refractivity contribution is -0.137. The first-order chi connectivity index (χ1) is 16.2. The number of nitrogens with zero attached hydrogens (tertiary/aromatic N) is 3. The van der Waals surface area contributed by atoms with E-state index in [-0.39, 0.29) is 35.2 Å². The number of rotatable bonds is 6. The van der Waals surface area contributed by atoms with Gasteiger partial charge in [0, 0.05) is 9.77 Å². The molecule has 8 nitrogen and oxygen atoms in total. The van der Waals surface area contributed by atoms with E-state index in [1.54, 1.807) is 6.07 Å². The van der Waals surface area contributed by atoms with Gasteiger partial charge in [-0.2, -0.15) is 13.2 Å². The zero-order valence-corrected chi connectivity index (χ0v) is 19.4. The van der Waals surface area contributed by atoms with Crippen molar-refractivity contribution in [1.82, 2.24) is 20.2 Å². The van der Waals surface area contributed by atoms with Crippen LogP contribution in [0.1, 0.15) is 21.6 Å². The Bertz CT molecular complexity index is 1360. The van der Waals surface area contributed by atoms with Crippen LogP contribution in [0.15, 0.2) is 42.7 Å². The first-order valence-electron chi connectivity index (χ1n) is 9.49. The molecule has 0 saturated carbocycles. The second-order valence-corrected chi connectivity index (χ2v) is 8.03. The third-order valence-electron chi connectivity index (χ3n) is 4.64. The molecule has 0 aliphatic rings. The number of nitrogens with one attached hydrogen (secondary N) is 2. The number of amides is 1. The normalized spacial score (nSPS) is 11.5. The Balaban J connectivity index is 1.52. The van der Waals surface area contributed by atoms with Crippen molar-refractivity contribution in [3.8, 4) is 11.6 Å². The first-order valence-corrected chi connectivity index (χ1v) is 10.6. The van der Waals surface area contributed by atoms with Gasteiger partial charge in [0.05, 0.1) is 41.2 Å². The van der Waals surface area contributed by atoms with Crippen LogP contribution in [0, 0.1) is 9.39 Å². The fraction of sp³-hybridized carbons (Fsp3) is 0.143. The van der Waals surface area contributed by atoms with Crippen molar-refractivity contribution in [2.45, 2.75) is 12.8 Å². The highest BCUT2D eigenvalue weighted by molar-refractivity contribution is 14.1. The number of ether oxygens (including phenoxy) is 2. The third-order valence-corrected chi connectivity index (χ3v) is 5.54. The Kier molecular flexibility index (Phi) is 6.54. The predicted molar refractivity (Wildman–Crippen MR) is 121 cm³/mol. The van der Waals surface area contributed by atoms with E-state index in [0.717, 1.165) is 12.1 Å². The molecule has 3 aromatic heterocycles. The van der Waals surface area contributed by atoms with E-state index in [1.165, 1.54) is 25.4 Å². The van der Waals surface area contributed by atoms with Crippen LogP contribution in [0.3, 0.4) is 0 Å². The number of H-pyrrole nitrogens is 1. The van der Waals surface area contributed by atoms with E-state index in [2.05, 4.69) is 25.5 Å². The van der Waals surface area contributed by atoms with E-state index >= 15 is 4.39 Å². The van der Waals surface area contributed by atoms with Crippen molar-refractivity contribution >= 4 is 45.2 Å². The molecular formula is C21H14F4IN5O3. The summed E-state index contributed by atoms with van der Waals surface area (Å²) in [7, 11) is 1.43. The van der Waals surface area contributed by atoms with Crippen molar-refractivity contribution in [1.29, 1.82) is 0 Å². The SMILES string of the molecule is COc1n[nH]c2ncc(NC(=O)c3c(I)ccc(OCc4ccc(C(F)(F)F)cn4)c3F)cc12. The van der Waals surface area contributed by atoms with Gasteiger partial charge in [0.2, 0.25) is 5.88 Å². The lowest BCUT2D eigenvalue weighted by atomic mass is 10.1. The Morgan fingerprint density at radius 1 is 1.18 bits per heavy atom. The summed E-state index contributed by atoms with van der Waals surface area (Å²) >= 11 is 1.81. The van der Waals surface area contributed by atoms with Crippen molar-refractivity contribution in [3.63, 3.8) is 0 Å². The van der Waals surface area contributed by atoms with Gasteiger partial charge in [-0.1, -0.05) is 0 Å². The van der Waals surface area contributed by atoms with Crippen LogP contribution in [-0.4, -0.2) is 33.2 Å². The van der Waals surface area contributed by atoms with E-state index in [4.69, 9.17) is 9.47 Å². The average Bonchev–Trinajstić information content (AvgIpc) is 3.20. The number of halogens is 5. The van der Waals surface area contributed by atoms with Gasteiger partial charge in [0.15, 0.2) is 17.2 Å². The third kappa shape index (κ3) is 4.88. The molecule has 1 aromatic carbocycles. The minimum atomic E-state index is -4.51. The first kappa shape index (κ1) is 23.7. The maximum atomic E-state index is 15.1. The molecule has 3 heterocycles. The van der Waals surface area contributed by atoms with E-state index in [9.17, 15) is 18.0 Å². The van der Waals surface area contributed by atoms with Crippen LogP contribution in [0.5, 0.6) is 11.6 Å². The van der Waals surface area contributed by atoms with Gasteiger partial charge in [-0.25, -0.2) is 9.37 Å². The number of aromatic nitrogens is 4. The predicted octanol–water partition coefficient (Wildman–Crippen LogP) is 4.96. The molecule has 176 valence electrons. The summed E-state index contributed by atoms with van der Waals surface area (Å²) in [5.41, 5.74) is -0.282. The van der Waals surface area contributed by atoms with Gasteiger partial charge in [-0.15, -0.1) is 5.10 Å². The van der Waals surface area contributed by atoms with Crippen LogP contribution >= 0.6 is 22.6 Å². The summed E-state index contributed by atoms with van der Waals surface area (Å²) in [6, 6.07) is 6.36. The van der Waals surface area contributed by atoms with Crippen LogP contribution in [0.4, 0.5) is 23.2 Å².